The minimum Gasteiger partial charge on any atom is -0.168 e. The predicted molar refractivity (Wildman–Crippen MR) is 43.4 cm³/mol. The molecule has 0 aromatic rings. The zero-order valence-corrected chi connectivity index (χ0v) is 7.58. The second kappa shape index (κ2) is 15.9. The molecule has 0 rings (SSSR count). The Morgan fingerprint density at radius 2 is 1.20 bits per heavy atom. The molecule has 0 heterocycles. The molecule has 0 amide bonds. The third-order valence-corrected chi connectivity index (χ3v) is 1.21. The topological polar surface area (TPSA) is 34.1 Å². The molecule has 0 saturated heterocycles. The summed E-state index contributed by atoms with van der Waals surface area (Å²) in [6.45, 7) is 4.49. The molecule has 2 nitrogen and oxygen atoms in total. The molecule has 0 bridgehead atoms. The Balaban J connectivity index is 0. The molecule has 0 spiro atoms. The molecule has 0 aromatic carbocycles. The van der Waals surface area contributed by atoms with Crippen molar-refractivity contribution in [3.63, 3.8) is 0 Å². The Labute approximate surface area is 66.6 Å². The van der Waals surface area contributed by atoms with Crippen LogP contribution in [-0.4, -0.2) is 8.42 Å². The van der Waals surface area contributed by atoms with Gasteiger partial charge in [-0.2, -0.15) is 8.42 Å². The van der Waals surface area contributed by atoms with Crippen molar-refractivity contribution in [3.05, 3.63) is 0 Å². The molecule has 0 atom stereocenters. The Morgan fingerprint density at radius 3 is 1.40 bits per heavy atom. The van der Waals surface area contributed by atoms with E-state index in [9.17, 15) is 0 Å². The summed E-state index contributed by atoms with van der Waals surface area (Å²) in [6, 6.07) is 0. The van der Waals surface area contributed by atoms with Crippen molar-refractivity contribution in [2.75, 3.05) is 0 Å². The third-order valence-electron chi connectivity index (χ3n) is 1.21. The highest BCUT2D eigenvalue weighted by molar-refractivity contribution is 7.51. The molecule has 0 aliphatic carbocycles. The number of hydrogen-bond donors (Lipinski definition) is 0. The van der Waals surface area contributed by atoms with E-state index in [4.69, 9.17) is 8.42 Å². The molecule has 0 radical (unpaired) electrons. The first kappa shape index (κ1) is 12.5. The van der Waals surface area contributed by atoms with Crippen LogP contribution in [0.15, 0.2) is 0 Å². The van der Waals surface area contributed by atoms with Crippen molar-refractivity contribution in [3.8, 4) is 0 Å². The van der Waals surface area contributed by atoms with Gasteiger partial charge in [0, 0.05) is 0 Å². The average molecular weight is 164 g/mol. The maximum atomic E-state index is 8.29. The van der Waals surface area contributed by atoms with Crippen LogP contribution in [0, 0.1) is 0 Å². The summed E-state index contributed by atoms with van der Waals surface area (Å²) < 4.78 is 16.6. The van der Waals surface area contributed by atoms with Gasteiger partial charge < -0.3 is 0 Å². The van der Waals surface area contributed by atoms with Crippen molar-refractivity contribution in [1.29, 1.82) is 0 Å². The maximum Gasteiger partial charge on any atom is 0.335 e. The monoisotopic (exact) mass is 164 g/mol. The summed E-state index contributed by atoms with van der Waals surface area (Å²) in [5.41, 5.74) is 0. The van der Waals surface area contributed by atoms with Gasteiger partial charge in [-0.3, -0.25) is 0 Å². The van der Waals surface area contributed by atoms with Crippen molar-refractivity contribution in [1.82, 2.24) is 0 Å². The van der Waals surface area contributed by atoms with E-state index in [-0.39, 0.29) is 0 Å². The van der Waals surface area contributed by atoms with Crippen LogP contribution in [0.1, 0.15) is 46.0 Å². The van der Waals surface area contributed by atoms with Crippen molar-refractivity contribution in [2.24, 2.45) is 0 Å². The molecule has 10 heavy (non-hydrogen) atoms. The third kappa shape index (κ3) is 24.9. The fourth-order valence-corrected chi connectivity index (χ4v) is 0.677. The number of unbranched alkanes of at least 4 members (excludes halogenated alkanes) is 4. The molecule has 0 fully saturated rings. The first-order valence-electron chi connectivity index (χ1n) is 3.75. The lowest BCUT2D eigenvalue weighted by atomic mass is 10.2. The van der Waals surface area contributed by atoms with Crippen LogP contribution >= 0.6 is 0 Å². The molecule has 0 aromatic heterocycles. The van der Waals surface area contributed by atoms with E-state index in [1.54, 1.807) is 0 Å². The normalized spacial score (nSPS) is 7.80. The minimum absolute atomic E-state index is 0.750. The van der Waals surface area contributed by atoms with E-state index in [1.807, 2.05) is 0 Å². The highest BCUT2D eigenvalue weighted by Crippen LogP contribution is 2.00. The van der Waals surface area contributed by atoms with Crippen LogP contribution < -0.4 is 0 Å². The molecular formula is C7H16O2S. The first-order chi connectivity index (χ1) is 4.83. The number of rotatable bonds is 4. The summed E-state index contributed by atoms with van der Waals surface area (Å²) in [7, 11) is 0. The summed E-state index contributed by atoms with van der Waals surface area (Å²) in [5.74, 6) is 0. The largest absolute Gasteiger partial charge is 0.335 e. The Kier molecular flexibility index (Phi) is 19.9. The van der Waals surface area contributed by atoms with Crippen LogP contribution in [-0.2, 0) is 11.6 Å². The van der Waals surface area contributed by atoms with Gasteiger partial charge in [-0.05, 0) is 0 Å². The van der Waals surface area contributed by atoms with Crippen LogP contribution in [0.4, 0.5) is 0 Å². The van der Waals surface area contributed by atoms with E-state index < -0.39 is 11.6 Å². The average Bonchev–Trinajstić information content (AvgIpc) is 1.91. The van der Waals surface area contributed by atoms with Gasteiger partial charge >= 0.3 is 11.6 Å². The van der Waals surface area contributed by atoms with Gasteiger partial charge in [-0.25, -0.2) is 0 Å². The van der Waals surface area contributed by atoms with E-state index in [0.29, 0.717) is 0 Å². The summed E-state index contributed by atoms with van der Waals surface area (Å²) in [4.78, 5) is 0. The van der Waals surface area contributed by atoms with E-state index >= 15 is 0 Å². The molecule has 0 saturated carbocycles. The van der Waals surface area contributed by atoms with E-state index in [0.717, 1.165) is 0 Å². The highest BCUT2D eigenvalue weighted by atomic mass is 32.1. The fourth-order valence-electron chi connectivity index (χ4n) is 0.677. The first-order valence-corrected chi connectivity index (χ1v) is 4.41. The SMILES string of the molecule is CCCCCCC.O=S=O. The molecular weight excluding hydrogens is 148 g/mol. The maximum absolute atomic E-state index is 8.29. The highest BCUT2D eigenvalue weighted by Gasteiger charge is 1.80. The lowest BCUT2D eigenvalue weighted by Gasteiger charge is -1.90. The van der Waals surface area contributed by atoms with Crippen LogP contribution in [0.25, 0.3) is 0 Å². The van der Waals surface area contributed by atoms with Gasteiger partial charge in [-0.1, -0.05) is 46.0 Å². The summed E-state index contributed by atoms with van der Waals surface area (Å²) >= 11 is -0.750. The van der Waals surface area contributed by atoms with Gasteiger partial charge in [0.2, 0.25) is 0 Å². The molecule has 0 N–H and O–H groups in total. The van der Waals surface area contributed by atoms with Crippen molar-refractivity contribution in [2.45, 2.75) is 46.0 Å². The molecule has 62 valence electrons. The summed E-state index contributed by atoms with van der Waals surface area (Å²) in [6.07, 6.45) is 7.01. The van der Waals surface area contributed by atoms with Gasteiger partial charge in [0.05, 0.1) is 0 Å². The second-order valence-electron chi connectivity index (χ2n) is 2.13. The van der Waals surface area contributed by atoms with E-state index in [2.05, 4.69) is 13.8 Å². The summed E-state index contributed by atoms with van der Waals surface area (Å²) in [5, 5.41) is 0. The molecule has 0 unspecified atom stereocenters. The quantitative estimate of drug-likeness (QED) is 0.597. The van der Waals surface area contributed by atoms with Crippen molar-refractivity contribution >= 4 is 11.6 Å². The fraction of sp³-hybridized carbons (Fsp3) is 1.00. The van der Waals surface area contributed by atoms with Gasteiger partial charge in [-0.15, -0.1) is 0 Å². The van der Waals surface area contributed by atoms with Gasteiger partial charge in [0.15, 0.2) is 0 Å². The van der Waals surface area contributed by atoms with Crippen LogP contribution in [0.3, 0.4) is 0 Å². The molecule has 0 aliphatic heterocycles. The van der Waals surface area contributed by atoms with E-state index in [1.165, 1.54) is 32.1 Å². The Hall–Kier alpha value is -0.180. The van der Waals surface area contributed by atoms with Crippen LogP contribution in [0.5, 0.6) is 0 Å². The predicted octanol–water partition coefficient (Wildman–Crippen LogP) is 2.31. The molecule has 0 aliphatic rings. The standard InChI is InChI=1S/C7H16.O2S/c1-3-5-7-6-4-2;1-3-2/h3-7H2,1-2H3;. The molecule has 3 heteroatoms. The number of hydrogen-bond acceptors (Lipinski definition) is 2. The zero-order valence-electron chi connectivity index (χ0n) is 6.76. The Bertz CT molecular complexity index is 73.7. The van der Waals surface area contributed by atoms with Gasteiger partial charge in [0.25, 0.3) is 0 Å². The smallest absolute Gasteiger partial charge is 0.168 e. The zero-order chi connectivity index (χ0) is 8.24. The minimum atomic E-state index is -0.750. The van der Waals surface area contributed by atoms with Gasteiger partial charge in [0.1, 0.15) is 0 Å². The Morgan fingerprint density at radius 1 is 0.900 bits per heavy atom. The lowest BCUT2D eigenvalue weighted by molar-refractivity contribution is 0.630. The van der Waals surface area contributed by atoms with Crippen LogP contribution in [0.2, 0.25) is 0 Å². The lowest BCUT2D eigenvalue weighted by Crippen LogP contribution is -1.70. The van der Waals surface area contributed by atoms with Crippen molar-refractivity contribution < 1.29 is 8.42 Å². The second-order valence-corrected chi connectivity index (χ2v) is 2.26.